The van der Waals surface area contributed by atoms with Crippen molar-refractivity contribution in [3.05, 3.63) is 60.9 Å². The van der Waals surface area contributed by atoms with E-state index in [1.165, 1.54) is 0 Å². The van der Waals surface area contributed by atoms with Gasteiger partial charge in [0, 0.05) is 21.1 Å². The van der Waals surface area contributed by atoms with Crippen molar-refractivity contribution in [2.75, 3.05) is 5.32 Å². The fourth-order valence-electron chi connectivity index (χ4n) is 1.80. The van der Waals surface area contributed by atoms with Gasteiger partial charge in [-0.05, 0) is 46.6 Å². The number of halogens is 5. The minimum atomic E-state index is -0.504. The van der Waals surface area contributed by atoms with Gasteiger partial charge in [0.05, 0.1) is 10.2 Å². The Labute approximate surface area is 141 Å². The molecule has 0 amide bonds. The second-order valence-electron chi connectivity index (χ2n) is 4.28. The lowest BCUT2D eigenvalue weighted by molar-refractivity contribution is 0.595. The van der Waals surface area contributed by atoms with E-state index in [9.17, 15) is 8.78 Å². The average molecular weight is 470 g/mol. The second kappa shape index (κ2) is 6.54. The first-order valence-corrected chi connectivity index (χ1v) is 8.12. The maximum absolute atomic E-state index is 13.8. The SMILES string of the molecule is CC(Nc1cc(F)c(Br)cc1F)c1ccc(Br)cc1Br. The van der Waals surface area contributed by atoms with Crippen LogP contribution in [0.15, 0.2) is 43.7 Å². The lowest BCUT2D eigenvalue weighted by Gasteiger charge is -2.18. The molecule has 1 unspecified atom stereocenters. The third kappa shape index (κ3) is 3.59. The van der Waals surface area contributed by atoms with Crippen molar-refractivity contribution in [3.63, 3.8) is 0 Å². The van der Waals surface area contributed by atoms with Crippen LogP contribution in [-0.4, -0.2) is 0 Å². The van der Waals surface area contributed by atoms with Crippen LogP contribution in [0.2, 0.25) is 0 Å². The van der Waals surface area contributed by atoms with Crippen LogP contribution < -0.4 is 5.32 Å². The minimum Gasteiger partial charge on any atom is -0.376 e. The van der Waals surface area contributed by atoms with E-state index in [1.54, 1.807) is 0 Å². The first-order chi connectivity index (χ1) is 9.38. The van der Waals surface area contributed by atoms with Gasteiger partial charge in [0.25, 0.3) is 0 Å². The summed E-state index contributed by atoms with van der Waals surface area (Å²) < 4.78 is 29.2. The molecule has 20 heavy (non-hydrogen) atoms. The van der Waals surface area contributed by atoms with Crippen LogP contribution in [-0.2, 0) is 0 Å². The van der Waals surface area contributed by atoms with Gasteiger partial charge < -0.3 is 5.32 Å². The Morgan fingerprint density at radius 3 is 2.30 bits per heavy atom. The number of anilines is 1. The van der Waals surface area contributed by atoms with Gasteiger partial charge in [0.15, 0.2) is 0 Å². The van der Waals surface area contributed by atoms with Crippen molar-refractivity contribution in [1.82, 2.24) is 0 Å². The van der Waals surface area contributed by atoms with Crippen molar-refractivity contribution in [2.45, 2.75) is 13.0 Å². The molecule has 2 aromatic rings. The van der Waals surface area contributed by atoms with E-state index >= 15 is 0 Å². The molecule has 0 aliphatic carbocycles. The van der Waals surface area contributed by atoms with Crippen LogP contribution in [0.3, 0.4) is 0 Å². The van der Waals surface area contributed by atoms with Gasteiger partial charge >= 0.3 is 0 Å². The molecule has 1 nitrogen and oxygen atoms in total. The van der Waals surface area contributed by atoms with Gasteiger partial charge in [0.1, 0.15) is 11.6 Å². The van der Waals surface area contributed by atoms with Gasteiger partial charge in [-0.15, -0.1) is 0 Å². The maximum Gasteiger partial charge on any atom is 0.147 e. The average Bonchev–Trinajstić information content (AvgIpc) is 2.35. The van der Waals surface area contributed by atoms with E-state index < -0.39 is 11.6 Å². The summed E-state index contributed by atoms with van der Waals surface area (Å²) in [5.74, 6) is -1.01. The standard InChI is InChI=1S/C14H10Br3F2N/c1-7(9-3-2-8(15)4-10(9)16)20-14-6-12(18)11(17)5-13(14)19/h2-7,20H,1H3. The van der Waals surface area contributed by atoms with Crippen LogP contribution in [0.25, 0.3) is 0 Å². The number of benzene rings is 2. The smallest absolute Gasteiger partial charge is 0.147 e. The highest BCUT2D eigenvalue weighted by atomic mass is 79.9. The van der Waals surface area contributed by atoms with Crippen molar-refractivity contribution in [3.8, 4) is 0 Å². The Balaban J connectivity index is 2.27. The van der Waals surface area contributed by atoms with Crippen LogP contribution in [0.5, 0.6) is 0 Å². The number of hydrogen-bond donors (Lipinski definition) is 1. The molecule has 0 saturated heterocycles. The molecule has 0 radical (unpaired) electrons. The van der Waals surface area contributed by atoms with Crippen molar-refractivity contribution in [2.24, 2.45) is 0 Å². The molecule has 0 fully saturated rings. The monoisotopic (exact) mass is 467 g/mol. The normalized spacial score (nSPS) is 12.3. The molecule has 1 atom stereocenters. The molecule has 6 heteroatoms. The number of rotatable bonds is 3. The molecule has 2 aromatic carbocycles. The molecule has 0 aliphatic rings. The van der Waals surface area contributed by atoms with E-state index in [0.29, 0.717) is 0 Å². The van der Waals surface area contributed by atoms with E-state index in [-0.39, 0.29) is 16.2 Å². The first-order valence-electron chi connectivity index (χ1n) is 5.74. The highest BCUT2D eigenvalue weighted by Gasteiger charge is 2.14. The topological polar surface area (TPSA) is 12.0 Å². The molecular weight excluding hydrogens is 460 g/mol. The Morgan fingerprint density at radius 1 is 0.950 bits per heavy atom. The summed E-state index contributed by atoms with van der Waals surface area (Å²) in [6.45, 7) is 1.88. The molecule has 0 bridgehead atoms. The Hall–Kier alpha value is -0.460. The largest absolute Gasteiger partial charge is 0.376 e. The molecule has 1 N–H and O–H groups in total. The van der Waals surface area contributed by atoms with E-state index in [1.807, 2.05) is 25.1 Å². The highest BCUT2D eigenvalue weighted by molar-refractivity contribution is 9.11. The molecule has 106 valence electrons. The van der Waals surface area contributed by atoms with Gasteiger partial charge in [-0.2, -0.15) is 0 Å². The summed E-state index contributed by atoms with van der Waals surface area (Å²) in [6, 6.07) is 7.80. The zero-order chi connectivity index (χ0) is 14.9. The van der Waals surface area contributed by atoms with Gasteiger partial charge in [-0.25, -0.2) is 8.78 Å². The highest BCUT2D eigenvalue weighted by Crippen LogP contribution is 2.31. The quantitative estimate of drug-likeness (QED) is 0.511. The zero-order valence-corrected chi connectivity index (χ0v) is 15.1. The molecule has 0 aliphatic heterocycles. The van der Waals surface area contributed by atoms with Crippen LogP contribution in [0.4, 0.5) is 14.5 Å². The Kier molecular flexibility index (Phi) is 5.20. The maximum atomic E-state index is 13.8. The minimum absolute atomic E-state index is 0.109. The third-order valence-corrected chi connectivity index (χ3v) is 4.60. The van der Waals surface area contributed by atoms with Crippen molar-refractivity contribution >= 4 is 53.5 Å². The summed E-state index contributed by atoms with van der Waals surface area (Å²) >= 11 is 9.79. The van der Waals surface area contributed by atoms with E-state index in [0.717, 1.165) is 26.6 Å². The molecule has 2 rings (SSSR count). The van der Waals surface area contributed by atoms with Gasteiger partial charge in [0.2, 0.25) is 0 Å². The lowest BCUT2D eigenvalue weighted by atomic mass is 10.1. The van der Waals surface area contributed by atoms with Crippen molar-refractivity contribution in [1.29, 1.82) is 0 Å². The summed E-state index contributed by atoms with van der Waals surface area (Å²) in [5.41, 5.74) is 1.09. The molecule has 0 heterocycles. The van der Waals surface area contributed by atoms with Crippen LogP contribution in [0, 0.1) is 11.6 Å². The number of hydrogen-bond acceptors (Lipinski definition) is 1. The number of nitrogens with one attached hydrogen (secondary N) is 1. The lowest BCUT2D eigenvalue weighted by Crippen LogP contribution is -2.09. The van der Waals surface area contributed by atoms with Gasteiger partial charge in [-0.3, -0.25) is 0 Å². The molecule has 0 saturated carbocycles. The fourth-order valence-corrected chi connectivity index (χ4v) is 3.50. The molecule has 0 spiro atoms. The molecule has 0 aromatic heterocycles. The summed E-state index contributed by atoms with van der Waals surface area (Å²) in [5, 5.41) is 2.97. The van der Waals surface area contributed by atoms with Crippen LogP contribution in [0.1, 0.15) is 18.5 Å². The first kappa shape index (κ1) is 15.9. The summed E-state index contributed by atoms with van der Waals surface area (Å²) in [4.78, 5) is 0. The third-order valence-electron chi connectivity index (χ3n) is 2.81. The summed E-state index contributed by atoms with van der Waals surface area (Å²) in [6.07, 6.45) is 0. The predicted molar refractivity (Wildman–Crippen MR) is 87.9 cm³/mol. The summed E-state index contributed by atoms with van der Waals surface area (Å²) in [7, 11) is 0. The van der Waals surface area contributed by atoms with Gasteiger partial charge in [-0.1, -0.05) is 37.9 Å². The zero-order valence-electron chi connectivity index (χ0n) is 10.4. The van der Waals surface area contributed by atoms with E-state index in [4.69, 9.17) is 0 Å². The molecular formula is C14H10Br3F2N. The van der Waals surface area contributed by atoms with Crippen LogP contribution >= 0.6 is 47.8 Å². The Morgan fingerprint density at radius 2 is 1.65 bits per heavy atom. The fraction of sp³-hybridized carbons (Fsp3) is 0.143. The van der Waals surface area contributed by atoms with E-state index in [2.05, 4.69) is 53.1 Å². The predicted octanol–water partition coefficient (Wildman–Crippen LogP) is 6.43. The second-order valence-corrected chi connectivity index (χ2v) is 6.90. The Bertz CT molecular complexity index is 647. The van der Waals surface area contributed by atoms with Crippen molar-refractivity contribution < 1.29 is 8.78 Å².